The average molecular weight is 401 g/mol. The summed E-state index contributed by atoms with van der Waals surface area (Å²) in [6.45, 7) is 9.98. The second-order valence-corrected chi connectivity index (χ2v) is 8.81. The zero-order valence-corrected chi connectivity index (χ0v) is 18.7. The quantitative estimate of drug-likeness (QED) is 0.562. The Morgan fingerprint density at radius 2 is 1.73 bits per heavy atom. The summed E-state index contributed by atoms with van der Waals surface area (Å²) in [7, 11) is 2.18. The molecule has 156 valence electrons. The highest BCUT2D eigenvalue weighted by Gasteiger charge is 2.24. The molecule has 1 amide bonds. The van der Waals surface area contributed by atoms with Gasteiger partial charge in [-0.15, -0.1) is 0 Å². The maximum atomic E-state index is 13.0. The molecular weight excluding hydrogens is 368 g/mol. The Labute approximate surface area is 180 Å². The Morgan fingerprint density at radius 1 is 0.967 bits per heavy atom. The lowest BCUT2D eigenvalue weighted by atomic mass is 9.94. The van der Waals surface area contributed by atoms with E-state index in [1.54, 1.807) is 0 Å². The lowest BCUT2D eigenvalue weighted by molar-refractivity contribution is 0.0732. The third-order valence-electron chi connectivity index (χ3n) is 6.56. The van der Waals surface area contributed by atoms with E-state index < -0.39 is 0 Å². The van der Waals surface area contributed by atoms with Crippen LogP contribution in [-0.4, -0.2) is 42.4 Å². The first kappa shape index (κ1) is 20.6. The highest BCUT2D eigenvalue weighted by Crippen LogP contribution is 2.24. The van der Waals surface area contributed by atoms with Crippen molar-refractivity contribution < 1.29 is 4.79 Å². The summed E-state index contributed by atoms with van der Waals surface area (Å²) in [4.78, 5) is 17.4. The van der Waals surface area contributed by atoms with E-state index in [2.05, 4.69) is 81.2 Å². The van der Waals surface area contributed by atoms with Crippen molar-refractivity contribution in [3.05, 3.63) is 81.9 Å². The monoisotopic (exact) mass is 400 g/mol. The van der Waals surface area contributed by atoms with E-state index >= 15 is 0 Å². The Hall–Kier alpha value is -2.65. The second kappa shape index (κ2) is 8.61. The largest absolute Gasteiger partial charge is 0.338 e. The van der Waals surface area contributed by atoms with Crippen molar-refractivity contribution in [1.82, 2.24) is 9.80 Å². The molecule has 0 bridgehead atoms. The molecule has 3 nitrogen and oxygen atoms in total. The van der Waals surface area contributed by atoms with Gasteiger partial charge in [-0.2, -0.15) is 0 Å². The summed E-state index contributed by atoms with van der Waals surface area (Å²) in [5.41, 5.74) is 7.35. The lowest BCUT2D eigenvalue weighted by Gasteiger charge is -2.30. The van der Waals surface area contributed by atoms with E-state index in [0.717, 1.165) is 44.6 Å². The van der Waals surface area contributed by atoms with Crippen LogP contribution in [0.5, 0.6) is 0 Å². The van der Waals surface area contributed by atoms with Gasteiger partial charge in [0.1, 0.15) is 0 Å². The number of nitrogens with zero attached hydrogens (tertiary/aromatic N) is 2. The van der Waals surface area contributed by atoms with E-state index in [4.69, 9.17) is 0 Å². The molecule has 0 atom stereocenters. The van der Waals surface area contributed by atoms with Crippen LogP contribution in [0, 0.1) is 20.8 Å². The molecule has 0 aromatic heterocycles. The zero-order chi connectivity index (χ0) is 21.3. The predicted octanol–water partition coefficient (Wildman–Crippen LogP) is 5.29. The van der Waals surface area contributed by atoms with Gasteiger partial charge in [-0.1, -0.05) is 42.5 Å². The van der Waals surface area contributed by atoms with E-state index in [1.165, 1.54) is 38.6 Å². The summed E-state index contributed by atoms with van der Waals surface area (Å²) in [6.07, 6.45) is 1.96. The molecule has 1 aliphatic heterocycles. The molecule has 3 heteroatoms. The molecule has 1 heterocycles. The van der Waals surface area contributed by atoms with Gasteiger partial charge < -0.3 is 9.80 Å². The van der Waals surface area contributed by atoms with Gasteiger partial charge in [-0.05, 0) is 91.9 Å². The standard InChI is InChI=1S/C27H32N2O/c1-19-10-11-22-8-5-6-9-24(22)26(19)18-28(4)13-7-14-29-15-12-23-16-20(2)21(3)17-25(23)27(29)30/h5-6,8-11,16-17H,7,12-15,18H2,1-4H3. The number of carbonyl (C=O) groups is 1. The SMILES string of the molecule is Cc1cc2c(cc1C)C(=O)N(CCCN(C)Cc1c(C)ccc3ccccc13)CC2. The van der Waals surface area contributed by atoms with Crippen molar-refractivity contribution in [2.75, 3.05) is 26.7 Å². The van der Waals surface area contributed by atoms with E-state index in [9.17, 15) is 4.79 Å². The number of amides is 1. The second-order valence-electron chi connectivity index (χ2n) is 8.81. The predicted molar refractivity (Wildman–Crippen MR) is 125 cm³/mol. The topological polar surface area (TPSA) is 23.6 Å². The molecule has 4 rings (SSSR count). The van der Waals surface area contributed by atoms with Crippen LogP contribution < -0.4 is 0 Å². The van der Waals surface area contributed by atoms with Crippen molar-refractivity contribution in [3.8, 4) is 0 Å². The molecule has 3 aromatic rings. The number of aryl methyl sites for hydroxylation is 3. The first-order chi connectivity index (χ1) is 14.4. The Morgan fingerprint density at radius 3 is 2.57 bits per heavy atom. The van der Waals surface area contributed by atoms with Crippen LogP contribution in [0.2, 0.25) is 0 Å². The first-order valence-corrected chi connectivity index (χ1v) is 11.0. The van der Waals surface area contributed by atoms with Crippen LogP contribution in [0.25, 0.3) is 10.8 Å². The summed E-state index contributed by atoms with van der Waals surface area (Å²) in [6, 6.07) is 17.3. The van der Waals surface area contributed by atoms with Gasteiger partial charge in [-0.25, -0.2) is 0 Å². The number of carbonyl (C=O) groups excluding carboxylic acids is 1. The fraction of sp³-hybridized carbons (Fsp3) is 0.370. The van der Waals surface area contributed by atoms with Crippen molar-refractivity contribution in [2.24, 2.45) is 0 Å². The average Bonchev–Trinajstić information content (AvgIpc) is 2.73. The molecular formula is C27H32N2O. The number of hydrogen-bond acceptors (Lipinski definition) is 2. The molecule has 0 aliphatic carbocycles. The number of benzene rings is 3. The molecule has 0 N–H and O–H groups in total. The molecule has 0 saturated heterocycles. The highest BCUT2D eigenvalue weighted by atomic mass is 16.2. The summed E-state index contributed by atoms with van der Waals surface area (Å²) in [5.74, 6) is 0.201. The highest BCUT2D eigenvalue weighted by molar-refractivity contribution is 5.97. The number of hydrogen-bond donors (Lipinski definition) is 0. The Kier molecular flexibility index (Phi) is 5.92. The Bertz CT molecular complexity index is 1090. The molecule has 0 fully saturated rings. The molecule has 1 aliphatic rings. The Balaban J connectivity index is 1.37. The minimum Gasteiger partial charge on any atom is -0.338 e. The van der Waals surface area contributed by atoms with Gasteiger partial charge in [0, 0.05) is 25.2 Å². The summed E-state index contributed by atoms with van der Waals surface area (Å²) >= 11 is 0. The van der Waals surface area contributed by atoms with Gasteiger partial charge in [0.15, 0.2) is 0 Å². The maximum Gasteiger partial charge on any atom is 0.254 e. The van der Waals surface area contributed by atoms with Gasteiger partial charge in [0.05, 0.1) is 0 Å². The molecule has 3 aromatic carbocycles. The molecule has 0 spiro atoms. The molecule has 30 heavy (non-hydrogen) atoms. The smallest absolute Gasteiger partial charge is 0.254 e. The third-order valence-corrected chi connectivity index (χ3v) is 6.56. The number of rotatable bonds is 6. The normalized spacial score (nSPS) is 13.9. The molecule has 0 radical (unpaired) electrons. The molecule has 0 saturated carbocycles. The number of fused-ring (bicyclic) bond motifs is 2. The van der Waals surface area contributed by atoms with Crippen LogP contribution in [0.4, 0.5) is 0 Å². The van der Waals surface area contributed by atoms with Gasteiger partial charge >= 0.3 is 0 Å². The summed E-state index contributed by atoms with van der Waals surface area (Å²) < 4.78 is 0. The van der Waals surface area contributed by atoms with Crippen LogP contribution in [0.1, 0.15) is 44.6 Å². The fourth-order valence-electron chi connectivity index (χ4n) is 4.56. The van der Waals surface area contributed by atoms with Crippen LogP contribution >= 0.6 is 0 Å². The minimum atomic E-state index is 0.201. The van der Waals surface area contributed by atoms with Gasteiger partial charge in [-0.3, -0.25) is 4.79 Å². The minimum absolute atomic E-state index is 0.201. The van der Waals surface area contributed by atoms with E-state index in [0.29, 0.717) is 0 Å². The van der Waals surface area contributed by atoms with Crippen LogP contribution in [-0.2, 0) is 13.0 Å². The van der Waals surface area contributed by atoms with Gasteiger partial charge in [0.25, 0.3) is 5.91 Å². The fourth-order valence-corrected chi connectivity index (χ4v) is 4.56. The van der Waals surface area contributed by atoms with Crippen molar-refractivity contribution >= 4 is 16.7 Å². The van der Waals surface area contributed by atoms with Gasteiger partial charge in [0.2, 0.25) is 0 Å². The first-order valence-electron chi connectivity index (χ1n) is 11.0. The van der Waals surface area contributed by atoms with Crippen LogP contribution in [0.15, 0.2) is 48.5 Å². The molecule has 0 unspecified atom stereocenters. The van der Waals surface area contributed by atoms with Crippen molar-refractivity contribution in [1.29, 1.82) is 0 Å². The lowest BCUT2D eigenvalue weighted by Crippen LogP contribution is -2.39. The van der Waals surface area contributed by atoms with Crippen molar-refractivity contribution in [2.45, 2.75) is 40.2 Å². The summed E-state index contributed by atoms with van der Waals surface area (Å²) in [5, 5.41) is 2.65. The maximum absolute atomic E-state index is 13.0. The van der Waals surface area contributed by atoms with Crippen molar-refractivity contribution in [3.63, 3.8) is 0 Å². The van der Waals surface area contributed by atoms with E-state index in [1.807, 2.05) is 4.90 Å². The van der Waals surface area contributed by atoms with Crippen LogP contribution in [0.3, 0.4) is 0 Å². The third kappa shape index (κ3) is 4.13. The van der Waals surface area contributed by atoms with E-state index in [-0.39, 0.29) is 5.91 Å². The zero-order valence-electron chi connectivity index (χ0n) is 18.7.